The minimum absolute atomic E-state index is 1.08. The summed E-state index contributed by atoms with van der Waals surface area (Å²) in [5.41, 5.74) is 5.05. The average Bonchev–Trinajstić information content (AvgIpc) is 2.59. The molecule has 0 bridgehead atoms. The highest BCUT2D eigenvalue weighted by Gasteiger charge is 2.05. The maximum Gasteiger partial charge on any atom is 0.0708 e. The molecule has 1 aromatic heterocycles. The highest BCUT2D eigenvalue weighted by atomic mass is 14.6. The predicted octanol–water partition coefficient (Wildman–Crippen LogP) is 6.02. The van der Waals surface area contributed by atoms with Crippen molar-refractivity contribution >= 4 is 10.9 Å². The minimum Gasteiger partial charge on any atom is -0.256 e. The normalized spacial score (nSPS) is 11.0. The van der Waals surface area contributed by atoms with E-state index in [2.05, 4.69) is 66.5 Å². The van der Waals surface area contributed by atoms with E-state index in [1.807, 2.05) is 6.20 Å². The van der Waals surface area contributed by atoms with Crippen LogP contribution in [-0.4, -0.2) is 4.98 Å². The molecule has 0 fully saturated rings. The Bertz CT molecular complexity index is 731. The van der Waals surface area contributed by atoms with Crippen LogP contribution in [0.25, 0.3) is 22.0 Å². The van der Waals surface area contributed by atoms with Gasteiger partial charge in [0.25, 0.3) is 0 Å². The number of pyridine rings is 1. The van der Waals surface area contributed by atoms with Crippen molar-refractivity contribution in [3.05, 3.63) is 66.4 Å². The molecule has 0 N–H and O–H groups in total. The van der Waals surface area contributed by atoms with Crippen molar-refractivity contribution in [2.24, 2.45) is 0 Å². The van der Waals surface area contributed by atoms with Crippen molar-refractivity contribution in [3.63, 3.8) is 0 Å². The number of hydrogen-bond donors (Lipinski definition) is 0. The first-order valence-electron chi connectivity index (χ1n) is 8.31. The summed E-state index contributed by atoms with van der Waals surface area (Å²) in [6.45, 7) is 2.26. The summed E-state index contributed by atoms with van der Waals surface area (Å²) in [5, 5.41) is 1.27. The van der Waals surface area contributed by atoms with E-state index in [4.69, 9.17) is 0 Å². The Balaban J connectivity index is 1.92. The van der Waals surface area contributed by atoms with E-state index in [1.54, 1.807) is 0 Å². The summed E-state index contributed by atoms with van der Waals surface area (Å²) in [6, 6.07) is 19.4. The molecule has 0 unspecified atom stereocenters. The van der Waals surface area contributed by atoms with Crippen LogP contribution in [0.1, 0.15) is 38.2 Å². The van der Waals surface area contributed by atoms with E-state index in [1.165, 1.54) is 54.2 Å². The highest BCUT2D eigenvalue weighted by molar-refractivity contribution is 5.94. The Hall–Kier alpha value is -2.15. The van der Waals surface area contributed by atoms with Crippen LogP contribution in [0, 0.1) is 0 Å². The zero-order chi connectivity index (χ0) is 15.2. The van der Waals surface area contributed by atoms with Crippen molar-refractivity contribution in [1.82, 2.24) is 4.98 Å². The standard InChI is InChI=1S/C21H23N/c1-2-3-4-6-9-17-12-13-21-20(16-17)19(14-15-22-21)18-10-7-5-8-11-18/h5,7-8,10-16H,2-4,6,9H2,1H3. The number of hydrogen-bond acceptors (Lipinski definition) is 1. The van der Waals surface area contributed by atoms with Crippen LogP contribution in [-0.2, 0) is 6.42 Å². The Labute approximate surface area is 133 Å². The van der Waals surface area contributed by atoms with Gasteiger partial charge in [-0.1, -0.05) is 62.6 Å². The Kier molecular flexibility index (Phi) is 4.85. The van der Waals surface area contributed by atoms with E-state index in [0.29, 0.717) is 0 Å². The SMILES string of the molecule is CCCCCCc1ccc2nccc(-c3ccccc3)c2c1. The maximum absolute atomic E-state index is 4.52. The molecule has 1 heteroatoms. The lowest BCUT2D eigenvalue weighted by Crippen LogP contribution is -1.89. The number of nitrogens with zero attached hydrogens (tertiary/aromatic N) is 1. The Morgan fingerprint density at radius 1 is 0.864 bits per heavy atom. The second-order valence-corrected chi connectivity index (χ2v) is 5.89. The Morgan fingerprint density at radius 2 is 1.73 bits per heavy atom. The summed E-state index contributed by atoms with van der Waals surface area (Å²) in [7, 11) is 0. The zero-order valence-electron chi connectivity index (χ0n) is 13.3. The van der Waals surface area contributed by atoms with Gasteiger partial charge in [0, 0.05) is 11.6 Å². The summed E-state index contributed by atoms with van der Waals surface area (Å²) in [5.74, 6) is 0. The lowest BCUT2D eigenvalue weighted by Gasteiger charge is -2.08. The van der Waals surface area contributed by atoms with Crippen LogP contribution in [0.5, 0.6) is 0 Å². The second-order valence-electron chi connectivity index (χ2n) is 5.89. The molecule has 0 atom stereocenters. The molecule has 112 valence electrons. The van der Waals surface area contributed by atoms with Crippen molar-refractivity contribution in [2.45, 2.75) is 39.0 Å². The average molecular weight is 289 g/mol. The van der Waals surface area contributed by atoms with Crippen molar-refractivity contribution in [3.8, 4) is 11.1 Å². The van der Waals surface area contributed by atoms with Gasteiger partial charge in [0.2, 0.25) is 0 Å². The van der Waals surface area contributed by atoms with Gasteiger partial charge in [-0.15, -0.1) is 0 Å². The zero-order valence-corrected chi connectivity index (χ0v) is 13.3. The molecule has 0 aliphatic rings. The van der Waals surface area contributed by atoms with E-state index in [0.717, 1.165) is 5.52 Å². The summed E-state index contributed by atoms with van der Waals surface area (Å²) >= 11 is 0. The molecule has 2 aromatic carbocycles. The van der Waals surface area contributed by atoms with Crippen molar-refractivity contribution < 1.29 is 0 Å². The molecule has 3 rings (SSSR count). The van der Waals surface area contributed by atoms with Crippen LogP contribution >= 0.6 is 0 Å². The lowest BCUT2D eigenvalue weighted by molar-refractivity contribution is 0.667. The van der Waals surface area contributed by atoms with Gasteiger partial charge in [-0.25, -0.2) is 0 Å². The van der Waals surface area contributed by atoms with Gasteiger partial charge in [-0.2, -0.15) is 0 Å². The molecule has 0 spiro atoms. The van der Waals surface area contributed by atoms with Crippen LogP contribution in [0.2, 0.25) is 0 Å². The third-order valence-corrected chi connectivity index (χ3v) is 4.21. The molecule has 0 aliphatic heterocycles. The first-order valence-corrected chi connectivity index (χ1v) is 8.31. The van der Waals surface area contributed by atoms with E-state index in [-0.39, 0.29) is 0 Å². The number of unbranched alkanes of at least 4 members (excludes halogenated alkanes) is 3. The molecule has 22 heavy (non-hydrogen) atoms. The fourth-order valence-electron chi connectivity index (χ4n) is 2.97. The fraction of sp³-hybridized carbons (Fsp3) is 0.286. The largest absolute Gasteiger partial charge is 0.256 e. The van der Waals surface area contributed by atoms with Gasteiger partial charge in [0.05, 0.1) is 5.52 Å². The van der Waals surface area contributed by atoms with E-state index >= 15 is 0 Å². The number of fused-ring (bicyclic) bond motifs is 1. The highest BCUT2D eigenvalue weighted by Crippen LogP contribution is 2.28. The Morgan fingerprint density at radius 3 is 2.55 bits per heavy atom. The maximum atomic E-state index is 4.52. The molecular formula is C21H23N. The van der Waals surface area contributed by atoms with Gasteiger partial charge in [0.1, 0.15) is 0 Å². The first kappa shape index (κ1) is 14.8. The number of benzene rings is 2. The quantitative estimate of drug-likeness (QED) is 0.505. The van der Waals surface area contributed by atoms with Gasteiger partial charge >= 0.3 is 0 Å². The first-order chi connectivity index (χ1) is 10.9. The molecular weight excluding hydrogens is 266 g/mol. The number of rotatable bonds is 6. The van der Waals surface area contributed by atoms with Crippen LogP contribution in [0.4, 0.5) is 0 Å². The van der Waals surface area contributed by atoms with Crippen molar-refractivity contribution in [2.75, 3.05) is 0 Å². The molecule has 0 radical (unpaired) electrons. The molecule has 0 aliphatic carbocycles. The molecule has 1 nitrogen and oxygen atoms in total. The van der Waals surface area contributed by atoms with Gasteiger partial charge < -0.3 is 0 Å². The topological polar surface area (TPSA) is 12.9 Å². The molecule has 0 amide bonds. The van der Waals surface area contributed by atoms with Crippen LogP contribution in [0.3, 0.4) is 0 Å². The smallest absolute Gasteiger partial charge is 0.0708 e. The molecule has 1 heterocycles. The lowest BCUT2D eigenvalue weighted by atomic mass is 9.98. The van der Waals surface area contributed by atoms with Gasteiger partial charge in [0.15, 0.2) is 0 Å². The number of aromatic nitrogens is 1. The van der Waals surface area contributed by atoms with Crippen molar-refractivity contribution in [1.29, 1.82) is 0 Å². The molecule has 0 saturated carbocycles. The fourth-order valence-corrected chi connectivity index (χ4v) is 2.97. The predicted molar refractivity (Wildman–Crippen MR) is 95.0 cm³/mol. The van der Waals surface area contributed by atoms with E-state index in [9.17, 15) is 0 Å². The third kappa shape index (κ3) is 3.36. The number of aryl methyl sites for hydroxylation is 1. The summed E-state index contributed by atoms with van der Waals surface area (Å²) in [4.78, 5) is 4.52. The van der Waals surface area contributed by atoms with Gasteiger partial charge in [-0.3, -0.25) is 4.98 Å². The van der Waals surface area contributed by atoms with Crippen LogP contribution in [0.15, 0.2) is 60.8 Å². The van der Waals surface area contributed by atoms with Crippen LogP contribution < -0.4 is 0 Å². The second kappa shape index (κ2) is 7.22. The third-order valence-electron chi connectivity index (χ3n) is 4.21. The summed E-state index contributed by atoms with van der Waals surface area (Å²) in [6.07, 6.45) is 8.31. The summed E-state index contributed by atoms with van der Waals surface area (Å²) < 4.78 is 0. The monoisotopic (exact) mass is 289 g/mol. The van der Waals surface area contributed by atoms with Gasteiger partial charge in [-0.05, 0) is 47.7 Å². The molecule has 0 saturated heterocycles. The minimum atomic E-state index is 1.08. The van der Waals surface area contributed by atoms with E-state index < -0.39 is 0 Å². The molecule has 3 aromatic rings.